The summed E-state index contributed by atoms with van der Waals surface area (Å²) < 4.78 is 10.2. The van der Waals surface area contributed by atoms with Gasteiger partial charge in [-0.25, -0.2) is 0 Å². The first-order valence-electron chi connectivity index (χ1n) is 9.06. The van der Waals surface area contributed by atoms with E-state index in [4.69, 9.17) is 9.26 Å². The number of nitrogens with one attached hydrogen (secondary N) is 1. The molecule has 1 aromatic heterocycles. The third kappa shape index (κ3) is 5.51. The number of ether oxygens (including phenoxy) is 1. The van der Waals surface area contributed by atoms with Crippen molar-refractivity contribution in [2.24, 2.45) is 0 Å². The lowest BCUT2D eigenvalue weighted by atomic mass is 10.1. The minimum atomic E-state index is -0.503. The summed E-state index contributed by atoms with van der Waals surface area (Å²) in [7, 11) is 0. The molecule has 0 atom stereocenters. The van der Waals surface area contributed by atoms with Crippen LogP contribution in [0.5, 0.6) is 0 Å². The molecule has 7 heteroatoms. The van der Waals surface area contributed by atoms with Crippen molar-refractivity contribution in [1.29, 1.82) is 0 Å². The fraction of sp³-hybridized carbons (Fsp3) is 0.238. The van der Waals surface area contributed by atoms with Gasteiger partial charge in [0.05, 0.1) is 6.42 Å². The van der Waals surface area contributed by atoms with E-state index in [2.05, 4.69) is 15.5 Å². The number of hydrogen-bond donors (Lipinski definition) is 1. The highest BCUT2D eigenvalue weighted by atomic mass is 16.5. The van der Waals surface area contributed by atoms with Crippen molar-refractivity contribution >= 4 is 17.6 Å². The van der Waals surface area contributed by atoms with Crippen LogP contribution in [0.1, 0.15) is 24.8 Å². The monoisotopic (exact) mass is 379 g/mol. The molecular formula is C21H21N3O4. The Hall–Kier alpha value is -3.48. The van der Waals surface area contributed by atoms with Crippen molar-refractivity contribution in [3.63, 3.8) is 0 Å². The zero-order chi connectivity index (χ0) is 19.8. The highest BCUT2D eigenvalue weighted by Gasteiger charge is 2.12. The number of benzene rings is 2. The average Bonchev–Trinajstić information content (AvgIpc) is 3.20. The van der Waals surface area contributed by atoms with Crippen LogP contribution in [0.15, 0.2) is 59.1 Å². The number of nitrogens with zero attached hydrogens (tertiary/aromatic N) is 2. The molecule has 0 saturated heterocycles. The van der Waals surface area contributed by atoms with E-state index in [1.165, 1.54) is 0 Å². The van der Waals surface area contributed by atoms with Gasteiger partial charge in [0.2, 0.25) is 11.7 Å². The number of aromatic nitrogens is 2. The van der Waals surface area contributed by atoms with Crippen LogP contribution in [-0.2, 0) is 27.2 Å². The van der Waals surface area contributed by atoms with Crippen LogP contribution >= 0.6 is 0 Å². The summed E-state index contributed by atoms with van der Waals surface area (Å²) in [5.74, 6) is -0.0723. The molecular weight excluding hydrogens is 358 g/mol. The molecule has 28 heavy (non-hydrogen) atoms. The maximum absolute atomic E-state index is 11.9. The van der Waals surface area contributed by atoms with Crippen molar-refractivity contribution in [2.45, 2.75) is 26.2 Å². The highest BCUT2D eigenvalue weighted by Crippen LogP contribution is 2.15. The number of anilines is 1. The first-order chi connectivity index (χ1) is 13.6. The molecule has 0 aliphatic rings. The van der Waals surface area contributed by atoms with Crippen molar-refractivity contribution in [1.82, 2.24) is 10.1 Å². The Morgan fingerprint density at radius 3 is 2.71 bits per heavy atom. The second kappa shape index (κ2) is 9.45. The van der Waals surface area contributed by atoms with E-state index in [1.54, 1.807) is 6.07 Å². The number of amides is 1. The smallest absolute Gasteiger partial charge is 0.306 e. The van der Waals surface area contributed by atoms with E-state index in [-0.39, 0.29) is 25.4 Å². The van der Waals surface area contributed by atoms with E-state index >= 15 is 0 Å². The number of carbonyl (C=O) groups is 2. The van der Waals surface area contributed by atoms with E-state index < -0.39 is 5.97 Å². The summed E-state index contributed by atoms with van der Waals surface area (Å²) in [6.07, 6.45) is 1.17. The van der Waals surface area contributed by atoms with Crippen molar-refractivity contribution in [3.05, 3.63) is 66.1 Å². The first kappa shape index (κ1) is 19.3. The maximum atomic E-state index is 11.9. The molecule has 0 radical (unpaired) electrons. The highest BCUT2D eigenvalue weighted by molar-refractivity contribution is 5.92. The van der Waals surface area contributed by atoms with Gasteiger partial charge in [0, 0.05) is 17.7 Å². The van der Waals surface area contributed by atoms with E-state index in [9.17, 15) is 9.59 Å². The molecule has 0 fully saturated rings. The van der Waals surface area contributed by atoms with Gasteiger partial charge in [-0.05, 0) is 24.1 Å². The maximum Gasteiger partial charge on any atom is 0.306 e. The van der Waals surface area contributed by atoms with E-state index in [0.717, 1.165) is 17.5 Å². The Kier molecular flexibility index (Phi) is 6.51. The van der Waals surface area contributed by atoms with Gasteiger partial charge in [-0.15, -0.1) is 0 Å². The molecule has 0 bridgehead atoms. The quantitative estimate of drug-likeness (QED) is 0.603. The number of esters is 1. The lowest BCUT2D eigenvalue weighted by Gasteiger charge is -2.07. The zero-order valence-electron chi connectivity index (χ0n) is 15.6. The molecule has 7 nitrogen and oxygen atoms in total. The number of aryl methyl sites for hydroxylation is 2. The molecule has 144 valence electrons. The van der Waals surface area contributed by atoms with Crippen LogP contribution in [0.2, 0.25) is 0 Å². The average molecular weight is 379 g/mol. The van der Waals surface area contributed by atoms with Crippen LogP contribution in [0.25, 0.3) is 11.4 Å². The fourth-order valence-corrected chi connectivity index (χ4v) is 2.55. The molecule has 0 aliphatic carbocycles. The van der Waals surface area contributed by atoms with Gasteiger partial charge in [-0.3, -0.25) is 9.59 Å². The molecule has 3 rings (SSSR count). The van der Waals surface area contributed by atoms with Gasteiger partial charge < -0.3 is 14.6 Å². The normalized spacial score (nSPS) is 10.5. The van der Waals surface area contributed by atoms with Crippen LogP contribution in [-0.4, -0.2) is 28.6 Å². The lowest BCUT2D eigenvalue weighted by Crippen LogP contribution is -2.21. The van der Waals surface area contributed by atoms with Gasteiger partial charge in [-0.1, -0.05) is 54.5 Å². The molecule has 0 unspecified atom stereocenters. The predicted octanol–water partition coefficient (Wildman–Crippen LogP) is 3.41. The number of rotatable bonds is 8. The molecule has 0 spiro atoms. The Labute approximate surface area is 162 Å². The molecule has 0 saturated carbocycles. The summed E-state index contributed by atoms with van der Waals surface area (Å²) >= 11 is 0. The summed E-state index contributed by atoms with van der Waals surface area (Å²) in [5, 5.41) is 6.61. The largest absolute Gasteiger partial charge is 0.456 e. The molecule has 0 aliphatic heterocycles. The summed E-state index contributed by atoms with van der Waals surface area (Å²) in [6, 6.07) is 16.9. The minimum Gasteiger partial charge on any atom is -0.456 e. The predicted molar refractivity (Wildman–Crippen MR) is 103 cm³/mol. The van der Waals surface area contributed by atoms with Crippen LogP contribution in [0.4, 0.5) is 5.69 Å². The Morgan fingerprint density at radius 2 is 1.93 bits per heavy atom. The first-order valence-corrected chi connectivity index (χ1v) is 9.06. The van der Waals surface area contributed by atoms with Gasteiger partial charge in [0.1, 0.15) is 0 Å². The molecule has 1 N–H and O–H groups in total. The summed E-state index contributed by atoms with van der Waals surface area (Å²) in [4.78, 5) is 28.0. The fourth-order valence-electron chi connectivity index (χ4n) is 2.55. The molecule has 3 aromatic rings. The van der Waals surface area contributed by atoms with E-state index in [1.807, 2.05) is 55.5 Å². The lowest BCUT2D eigenvalue weighted by molar-refractivity contribution is -0.147. The van der Waals surface area contributed by atoms with Crippen molar-refractivity contribution in [2.75, 3.05) is 11.9 Å². The Bertz CT molecular complexity index is 938. The van der Waals surface area contributed by atoms with Gasteiger partial charge >= 0.3 is 5.97 Å². The van der Waals surface area contributed by atoms with Crippen LogP contribution in [0, 0.1) is 0 Å². The standard InChI is InChI=1S/C21H21N3O4/c1-2-15-7-6-10-17(13-15)22-18(25)14-27-20(26)12-11-19-23-21(24-28-19)16-8-4-3-5-9-16/h3-10,13H,2,11-12,14H2,1H3,(H,22,25). The second-order valence-corrected chi connectivity index (χ2v) is 6.14. The Morgan fingerprint density at radius 1 is 1.11 bits per heavy atom. The minimum absolute atomic E-state index is 0.0506. The van der Waals surface area contributed by atoms with Crippen LogP contribution < -0.4 is 5.32 Å². The van der Waals surface area contributed by atoms with E-state index in [0.29, 0.717) is 17.4 Å². The zero-order valence-corrected chi connectivity index (χ0v) is 15.6. The topological polar surface area (TPSA) is 94.3 Å². The third-order valence-corrected chi connectivity index (χ3v) is 4.03. The summed E-state index contributed by atoms with van der Waals surface area (Å²) in [5.41, 5.74) is 2.63. The third-order valence-electron chi connectivity index (χ3n) is 4.03. The molecule has 1 amide bonds. The Balaban J connectivity index is 1.42. The van der Waals surface area contributed by atoms with Gasteiger partial charge in [0.15, 0.2) is 6.61 Å². The second-order valence-electron chi connectivity index (χ2n) is 6.14. The molecule has 2 aromatic carbocycles. The van der Waals surface area contributed by atoms with Gasteiger partial charge in [0.25, 0.3) is 5.91 Å². The summed E-state index contributed by atoms with van der Waals surface area (Å²) in [6.45, 7) is 1.70. The van der Waals surface area contributed by atoms with Crippen molar-refractivity contribution in [3.8, 4) is 11.4 Å². The van der Waals surface area contributed by atoms with Crippen molar-refractivity contribution < 1.29 is 18.8 Å². The number of hydrogen-bond acceptors (Lipinski definition) is 6. The van der Waals surface area contributed by atoms with Gasteiger partial charge in [-0.2, -0.15) is 4.98 Å². The molecule has 1 heterocycles. The SMILES string of the molecule is CCc1cccc(NC(=O)COC(=O)CCc2nc(-c3ccccc3)no2)c1. The van der Waals surface area contributed by atoms with Crippen LogP contribution in [0.3, 0.4) is 0 Å². The number of carbonyl (C=O) groups excluding carboxylic acids is 2.